The van der Waals surface area contributed by atoms with Crippen molar-refractivity contribution in [1.82, 2.24) is 9.55 Å². The SMILES string of the molecule is CCOc1ccccc1NC(=O)CSc1nc2sc3c(c2c(=O)n1-c1ccc(OC)cc1)CCCC3. The van der Waals surface area contributed by atoms with Gasteiger partial charge in [0, 0.05) is 4.88 Å². The van der Waals surface area contributed by atoms with Gasteiger partial charge in [0.15, 0.2) is 5.16 Å². The largest absolute Gasteiger partial charge is 0.497 e. The summed E-state index contributed by atoms with van der Waals surface area (Å²) >= 11 is 2.86. The van der Waals surface area contributed by atoms with E-state index in [0.717, 1.165) is 36.1 Å². The smallest absolute Gasteiger partial charge is 0.267 e. The van der Waals surface area contributed by atoms with Gasteiger partial charge in [0.2, 0.25) is 5.91 Å². The molecule has 0 unspecified atom stereocenters. The molecule has 1 N–H and O–H groups in total. The molecule has 2 aromatic heterocycles. The summed E-state index contributed by atoms with van der Waals surface area (Å²) in [4.78, 5) is 33.6. The second kappa shape index (κ2) is 10.8. The maximum atomic E-state index is 13.9. The quantitative estimate of drug-likeness (QED) is 0.245. The fourth-order valence-electron chi connectivity index (χ4n) is 4.41. The predicted molar refractivity (Wildman–Crippen MR) is 145 cm³/mol. The lowest BCUT2D eigenvalue weighted by Gasteiger charge is -2.14. The van der Waals surface area contributed by atoms with Crippen LogP contribution in [0.15, 0.2) is 58.5 Å². The molecule has 1 aliphatic rings. The standard InChI is InChI=1S/C27H27N3O4S2/c1-3-34-21-10-6-5-9-20(21)28-23(31)16-35-27-29-25-24(19-8-4-7-11-22(19)36-25)26(32)30(27)17-12-14-18(33-2)15-13-17/h5-6,9-10,12-15H,3-4,7-8,11,16H2,1-2H3,(H,28,31). The van der Waals surface area contributed by atoms with Gasteiger partial charge in [-0.25, -0.2) is 4.98 Å². The summed E-state index contributed by atoms with van der Waals surface area (Å²) in [6.45, 7) is 2.40. The van der Waals surface area contributed by atoms with Crippen molar-refractivity contribution < 1.29 is 14.3 Å². The highest BCUT2D eigenvalue weighted by atomic mass is 32.2. The van der Waals surface area contributed by atoms with Crippen LogP contribution in [0.3, 0.4) is 0 Å². The Morgan fingerprint density at radius 2 is 1.92 bits per heavy atom. The van der Waals surface area contributed by atoms with Crippen LogP contribution < -0.4 is 20.3 Å². The summed E-state index contributed by atoms with van der Waals surface area (Å²) < 4.78 is 12.5. The third-order valence-corrected chi connectivity index (χ3v) is 8.21. The first-order valence-electron chi connectivity index (χ1n) is 11.9. The molecule has 0 bridgehead atoms. The number of hydrogen-bond acceptors (Lipinski definition) is 7. The molecule has 0 atom stereocenters. The number of methoxy groups -OCH3 is 1. The van der Waals surface area contributed by atoms with Gasteiger partial charge in [0.1, 0.15) is 16.3 Å². The number of carbonyl (C=O) groups excluding carboxylic acids is 1. The topological polar surface area (TPSA) is 82.5 Å². The summed E-state index contributed by atoms with van der Waals surface area (Å²) in [5.74, 6) is 1.22. The van der Waals surface area contributed by atoms with Crippen molar-refractivity contribution in [2.24, 2.45) is 0 Å². The summed E-state index contributed by atoms with van der Waals surface area (Å²) in [6.07, 6.45) is 4.11. The Balaban J connectivity index is 1.49. The normalized spacial score (nSPS) is 12.8. The minimum absolute atomic E-state index is 0.0887. The maximum Gasteiger partial charge on any atom is 0.267 e. The van der Waals surface area contributed by atoms with E-state index in [-0.39, 0.29) is 17.2 Å². The molecule has 9 heteroatoms. The lowest BCUT2D eigenvalue weighted by molar-refractivity contribution is -0.113. The molecule has 1 amide bonds. The fraction of sp³-hybridized carbons (Fsp3) is 0.296. The number of nitrogens with one attached hydrogen (secondary N) is 1. The van der Waals surface area contributed by atoms with Gasteiger partial charge >= 0.3 is 0 Å². The summed E-state index contributed by atoms with van der Waals surface area (Å²) in [5, 5.41) is 4.12. The zero-order chi connectivity index (χ0) is 25.1. The van der Waals surface area contributed by atoms with E-state index in [1.807, 2.05) is 49.4 Å². The number of para-hydroxylation sites is 2. The first-order chi connectivity index (χ1) is 17.6. The molecule has 0 radical (unpaired) electrons. The monoisotopic (exact) mass is 521 g/mol. The van der Waals surface area contributed by atoms with Crippen LogP contribution in [-0.2, 0) is 17.6 Å². The highest BCUT2D eigenvalue weighted by molar-refractivity contribution is 7.99. The van der Waals surface area contributed by atoms with E-state index in [1.54, 1.807) is 29.1 Å². The second-order valence-electron chi connectivity index (χ2n) is 8.39. The van der Waals surface area contributed by atoms with Gasteiger partial charge in [-0.15, -0.1) is 11.3 Å². The maximum absolute atomic E-state index is 13.9. The van der Waals surface area contributed by atoms with Gasteiger partial charge in [0.25, 0.3) is 5.56 Å². The first kappa shape index (κ1) is 24.4. The lowest BCUT2D eigenvalue weighted by atomic mass is 9.97. The number of aromatic nitrogens is 2. The average molecular weight is 522 g/mol. The number of benzene rings is 2. The number of amides is 1. The Hall–Kier alpha value is -3.30. The summed E-state index contributed by atoms with van der Waals surface area (Å²) in [7, 11) is 1.61. The lowest BCUT2D eigenvalue weighted by Crippen LogP contribution is -2.23. The van der Waals surface area contributed by atoms with Gasteiger partial charge < -0.3 is 14.8 Å². The minimum atomic E-state index is -0.201. The van der Waals surface area contributed by atoms with E-state index in [0.29, 0.717) is 40.0 Å². The minimum Gasteiger partial charge on any atom is -0.497 e. The molecule has 2 heterocycles. The van der Waals surface area contributed by atoms with Crippen LogP contribution in [0.5, 0.6) is 11.5 Å². The number of thioether (sulfide) groups is 1. The van der Waals surface area contributed by atoms with Crippen LogP contribution in [0.25, 0.3) is 15.9 Å². The Bertz CT molecular complexity index is 1460. The van der Waals surface area contributed by atoms with Crippen molar-refractivity contribution in [2.45, 2.75) is 37.8 Å². The molecule has 0 saturated carbocycles. The van der Waals surface area contributed by atoms with E-state index in [4.69, 9.17) is 14.5 Å². The average Bonchev–Trinajstić information content (AvgIpc) is 3.28. The fourth-order valence-corrected chi connectivity index (χ4v) is 6.52. The Morgan fingerprint density at radius 3 is 2.69 bits per heavy atom. The second-order valence-corrected chi connectivity index (χ2v) is 10.4. The molecule has 0 aliphatic heterocycles. The number of nitrogens with zero attached hydrogens (tertiary/aromatic N) is 2. The zero-order valence-electron chi connectivity index (χ0n) is 20.2. The zero-order valence-corrected chi connectivity index (χ0v) is 21.8. The third-order valence-electron chi connectivity index (χ3n) is 6.08. The van der Waals surface area contributed by atoms with Crippen molar-refractivity contribution in [3.8, 4) is 17.2 Å². The Labute approximate surface area is 217 Å². The van der Waals surface area contributed by atoms with Crippen molar-refractivity contribution >= 4 is 44.9 Å². The van der Waals surface area contributed by atoms with Gasteiger partial charge in [-0.1, -0.05) is 23.9 Å². The van der Waals surface area contributed by atoms with Gasteiger partial charge in [-0.3, -0.25) is 14.2 Å². The highest BCUT2D eigenvalue weighted by Crippen LogP contribution is 2.35. The number of thiophene rings is 1. The third kappa shape index (κ3) is 4.85. The van der Waals surface area contributed by atoms with Crippen LogP contribution in [0.1, 0.15) is 30.2 Å². The Morgan fingerprint density at radius 1 is 1.14 bits per heavy atom. The summed E-state index contributed by atoms with van der Waals surface area (Å²) in [5.41, 5.74) is 2.36. The molecular weight excluding hydrogens is 494 g/mol. The molecule has 7 nitrogen and oxygen atoms in total. The van der Waals surface area contributed by atoms with Gasteiger partial charge in [-0.05, 0) is 74.6 Å². The van der Waals surface area contributed by atoms with E-state index in [1.165, 1.54) is 16.6 Å². The van der Waals surface area contributed by atoms with Crippen LogP contribution in [0.2, 0.25) is 0 Å². The number of aryl methyl sites for hydroxylation is 2. The molecule has 2 aromatic carbocycles. The van der Waals surface area contributed by atoms with Crippen LogP contribution in [0.4, 0.5) is 5.69 Å². The van der Waals surface area contributed by atoms with E-state index < -0.39 is 0 Å². The van der Waals surface area contributed by atoms with Crippen molar-refractivity contribution in [3.05, 3.63) is 69.3 Å². The van der Waals surface area contributed by atoms with E-state index in [9.17, 15) is 9.59 Å². The van der Waals surface area contributed by atoms with E-state index in [2.05, 4.69) is 5.32 Å². The predicted octanol–water partition coefficient (Wildman–Crippen LogP) is 5.46. The van der Waals surface area contributed by atoms with Crippen molar-refractivity contribution in [1.29, 1.82) is 0 Å². The molecule has 0 spiro atoms. The molecule has 0 fully saturated rings. The highest BCUT2D eigenvalue weighted by Gasteiger charge is 2.23. The van der Waals surface area contributed by atoms with Crippen molar-refractivity contribution in [3.63, 3.8) is 0 Å². The molecular formula is C27H27N3O4S2. The molecule has 1 aliphatic carbocycles. The molecule has 0 saturated heterocycles. The van der Waals surface area contributed by atoms with Crippen molar-refractivity contribution in [2.75, 3.05) is 24.8 Å². The van der Waals surface area contributed by atoms with Gasteiger partial charge in [0.05, 0.1) is 36.2 Å². The molecule has 186 valence electrons. The number of rotatable bonds is 8. The number of anilines is 1. The number of carbonyl (C=O) groups is 1. The molecule has 36 heavy (non-hydrogen) atoms. The molecule has 5 rings (SSSR count). The summed E-state index contributed by atoms with van der Waals surface area (Å²) in [6, 6.07) is 14.7. The Kier molecular flexibility index (Phi) is 7.29. The molecule has 4 aromatic rings. The number of hydrogen-bond donors (Lipinski definition) is 1. The van der Waals surface area contributed by atoms with Crippen LogP contribution in [-0.4, -0.2) is 34.9 Å². The van der Waals surface area contributed by atoms with Crippen LogP contribution in [0, 0.1) is 0 Å². The first-order valence-corrected chi connectivity index (χ1v) is 13.8. The van der Waals surface area contributed by atoms with Crippen LogP contribution >= 0.6 is 23.1 Å². The number of ether oxygens (including phenoxy) is 2. The number of fused-ring (bicyclic) bond motifs is 3. The van der Waals surface area contributed by atoms with E-state index >= 15 is 0 Å². The van der Waals surface area contributed by atoms with Gasteiger partial charge in [-0.2, -0.15) is 0 Å².